The molecule has 2 aromatic heterocycles. The smallest absolute Gasteiger partial charge is 0.267 e. The van der Waals surface area contributed by atoms with E-state index in [2.05, 4.69) is 10.1 Å². The number of sulfone groups is 1. The first-order valence-corrected chi connectivity index (χ1v) is 7.72. The molecule has 0 bridgehead atoms. The topological polar surface area (TPSA) is 84.8 Å². The summed E-state index contributed by atoms with van der Waals surface area (Å²) in [5.74, 6) is -0.782. The highest BCUT2D eigenvalue weighted by molar-refractivity contribution is 7.90. The lowest BCUT2D eigenvalue weighted by molar-refractivity contribution is 0.581. The van der Waals surface area contributed by atoms with E-state index in [0.717, 1.165) is 17.0 Å². The first kappa shape index (κ1) is 14.7. The highest BCUT2D eigenvalue weighted by Crippen LogP contribution is 2.27. The van der Waals surface area contributed by atoms with Crippen molar-refractivity contribution in [2.24, 2.45) is 7.05 Å². The summed E-state index contributed by atoms with van der Waals surface area (Å²) in [4.78, 5) is 13.7. The van der Waals surface area contributed by atoms with E-state index in [0.29, 0.717) is 0 Å². The maximum absolute atomic E-state index is 13.9. The van der Waals surface area contributed by atoms with Crippen LogP contribution in [0, 0.1) is 12.7 Å². The minimum absolute atomic E-state index is 0.0392. The van der Waals surface area contributed by atoms with Gasteiger partial charge in [-0.05, 0) is 6.92 Å². The highest BCUT2D eigenvalue weighted by Gasteiger charge is 2.24. The minimum atomic E-state index is -3.52. The largest absolute Gasteiger partial charge is 0.317 e. The third kappa shape index (κ3) is 2.36. The molecule has 0 aliphatic carbocycles. The van der Waals surface area contributed by atoms with Gasteiger partial charge in [-0.1, -0.05) is 11.6 Å². The minimum Gasteiger partial charge on any atom is -0.317 e. The molecule has 2 aromatic rings. The fraction of sp³-hybridized carbons (Fsp3) is 0.273. The zero-order chi connectivity index (χ0) is 15.2. The van der Waals surface area contributed by atoms with Crippen LogP contribution in [0.5, 0.6) is 0 Å². The Balaban J connectivity index is 2.80. The van der Waals surface area contributed by atoms with Crippen LogP contribution in [0.4, 0.5) is 4.39 Å². The Bertz CT molecular complexity index is 855. The molecular weight excluding hydrogens is 309 g/mol. The Morgan fingerprint density at radius 1 is 1.45 bits per heavy atom. The number of aryl methyl sites for hydroxylation is 1. The number of nitrogens with zero attached hydrogens (tertiary/aromatic N) is 2. The number of aromatic nitrogens is 3. The van der Waals surface area contributed by atoms with E-state index in [9.17, 15) is 17.6 Å². The van der Waals surface area contributed by atoms with Gasteiger partial charge in [-0.15, -0.1) is 0 Å². The van der Waals surface area contributed by atoms with Crippen molar-refractivity contribution < 1.29 is 12.8 Å². The predicted molar refractivity (Wildman–Crippen MR) is 72.1 cm³/mol. The van der Waals surface area contributed by atoms with E-state index >= 15 is 0 Å². The molecular formula is C11H11ClFN3O3S. The zero-order valence-electron chi connectivity index (χ0n) is 10.9. The summed E-state index contributed by atoms with van der Waals surface area (Å²) in [5, 5.41) is 3.63. The van der Waals surface area contributed by atoms with Crippen molar-refractivity contribution in [1.29, 1.82) is 0 Å². The Labute approximate surface area is 119 Å². The Morgan fingerprint density at radius 2 is 2.05 bits per heavy atom. The number of hydrogen-bond acceptors (Lipinski definition) is 4. The molecule has 0 radical (unpaired) electrons. The quantitative estimate of drug-likeness (QED) is 0.903. The standard InChI is InChI=1S/C11H11ClFN3O3S/c1-5-8(15-16(2)11(5)20(3,18)19)9-7(13)4-6(12)10(17)14-9/h4H,1-3H3,(H,14,17). The van der Waals surface area contributed by atoms with E-state index in [4.69, 9.17) is 11.6 Å². The van der Waals surface area contributed by atoms with Gasteiger partial charge in [-0.25, -0.2) is 12.8 Å². The van der Waals surface area contributed by atoms with Gasteiger partial charge in [0.25, 0.3) is 5.56 Å². The molecule has 0 saturated carbocycles. The van der Waals surface area contributed by atoms with Crippen molar-refractivity contribution in [3.8, 4) is 11.4 Å². The molecule has 0 saturated heterocycles. The summed E-state index contributed by atoms with van der Waals surface area (Å²) >= 11 is 5.52. The second-order valence-corrected chi connectivity index (χ2v) is 6.68. The van der Waals surface area contributed by atoms with Crippen molar-refractivity contribution in [3.63, 3.8) is 0 Å². The summed E-state index contributed by atoms with van der Waals surface area (Å²) in [5.41, 5.74) is -0.553. The van der Waals surface area contributed by atoms with Crippen molar-refractivity contribution >= 4 is 21.4 Å². The van der Waals surface area contributed by atoms with Gasteiger partial charge in [0.15, 0.2) is 20.7 Å². The van der Waals surface area contributed by atoms with Crippen molar-refractivity contribution in [1.82, 2.24) is 14.8 Å². The summed E-state index contributed by atoms with van der Waals surface area (Å²) in [6.07, 6.45) is 1.03. The molecule has 2 rings (SSSR count). The summed E-state index contributed by atoms with van der Waals surface area (Å²) < 4.78 is 38.4. The van der Waals surface area contributed by atoms with Crippen LogP contribution >= 0.6 is 11.6 Å². The highest BCUT2D eigenvalue weighted by atomic mass is 35.5. The number of pyridine rings is 1. The third-order valence-corrected chi connectivity index (χ3v) is 4.31. The molecule has 0 amide bonds. The van der Waals surface area contributed by atoms with Gasteiger partial charge in [0.2, 0.25) is 0 Å². The number of aromatic amines is 1. The van der Waals surface area contributed by atoms with Crippen LogP contribution in [0.15, 0.2) is 15.9 Å². The molecule has 1 N–H and O–H groups in total. The lowest BCUT2D eigenvalue weighted by Crippen LogP contribution is -2.09. The molecule has 9 heteroatoms. The first-order valence-electron chi connectivity index (χ1n) is 5.45. The first-order chi connectivity index (χ1) is 9.12. The van der Waals surface area contributed by atoms with Crippen molar-refractivity contribution in [2.45, 2.75) is 11.9 Å². The van der Waals surface area contributed by atoms with E-state index in [1.807, 2.05) is 0 Å². The van der Waals surface area contributed by atoms with E-state index < -0.39 is 21.2 Å². The van der Waals surface area contributed by atoms with Gasteiger partial charge in [0.05, 0.1) is 0 Å². The maximum atomic E-state index is 13.9. The van der Waals surface area contributed by atoms with Gasteiger partial charge in [0, 0.05) is 24.9 Å². The second-order valence-electron chi connectivity index (χ2n) is 4.34. The molecule has 0 aliphatic heterocycles. The monoisotopic (exact) mass is 319 g/mol. The van der Waals surface area contributed by atoms with Crippen LogP contribution in [-0.2, 0) is 16.9 Å². The summed E-state index contributed by atoms with van der Waals surface area (Å²) in [7, 11) is -2.09. The molecule has 108 valence electrons. The van der Waals surface area contributed by atoms with Crippen LogP contribution in [0.2, 0.25) is 5.02 Å². The van der Waals surface area contributed by atoms with E-state index in [-0.39, 0.29) is 27.0 Å². The average Bonchev–Trinajstić information content (AvgIpc) is 2.58. The number of H-pyrrole nitrogens is 1. The fourth-order valence-electron chi connectivity index (χ4n) is 2.02. The Kier molecular flexibility index (Phi) is 3.47. The maximum Gasteiger partial charge on any atom is 0.267 e. The SMILES string of the molecule is Cc1c(-c2[nH]c(=O)c(Cl)cc2F)nn(C)c1S(C)(=O)=O. The van der Waals surface area contributed by atoms with Crippen molar-refractivity contribution in [3.05, 3.63) is 32.8 Å². The van der Waals surface area contributed by atoms with Gasteiger partial charge < -0.3 is 4.98 Å². The number of halogens is 2. The van der Waals surface area contributed by atoms with Gasteiger partial charge in [-0.2, -0.15) is 5.10 Å². The van der Waals surface area contributed by atoms with E-state index in [1.165, 1.54) is 14.0 Å². The van der Waals surface area contributed by atoms with Gasteiger partial charge in [-0.3, -0.25) is 9.48 Å². The lowest BCUT2D eigenvalue weighted by atomic mass is 10.2. The molecule has 0 unspecified atom stereocenters. The van der Waals surface area contributed by atoms with Gasteiger partial charge in [0.1, 0.15) is 16.4 Å². The molecule has 0 aromatic carbocycles. The molecule has 0 aliphatic rings. The van der Waals surface area contributed by atoms with Crippen LogP contribution in [0.1, 0.15) is 5.56 Å². The zero-order valence-corrected chi connectivity index (χ0v) is 12.4. The molecule has 20 heavy (non-hydrogen) atoms. The molecule has 0 atom stereocenters. The Hall–Kier alpha value is -1.67. The van der Waals surface area contributed by atoms with E-state index in [1.54, 1.807) is 0 Å². The normalized spacial score (nSPS) is 11.8. The van der Waals surface area contributed by atoms with Crippen molar-refractivity contribution in [2.75, 3.05) is 6.26 Å². The number of nitrogens with one attached hydrogen (secondary N) is 1. The second kappa shape index (κ2) is 4.71. The fourth-order valence-corrected chi connectivity index (χ4v) is 3.34. The molecule has 0 spiro atoms. The molecule has 6 nitrogen and oxygen atoms in total. The summed E-state index contributed by atoms with van der Waals surface area (Å²) in [6, 6.07) is 0.865. The lowest BCUT2D eigenvalue weighted by Gasteiger charge is -2.02. The van der Waals surface area contributed by atoms with Crippen LogP contribution in [-0.4, -0.2) is 29.4 Å². The summed E-state index contributed by atoms with van der Waals surface area (Å²) in [6.45, 7) is 1.49. The molecule has 2 heterocycles. The Morgan fingerprint density at radius 3 is 2.55 bits per heavy atom. The van der Waals surface area contributed by atoms with Crippen LogP contribution in [0.25, 0.3) is 11.4 Å². The third-order valence-electron chi connectivity index (χ3n) is 2.76. The molecule has 0 fully saturated rings. The van der Waals surface area contributed by atoms with Crippen LogP contribution in [0.3, 0.4) is 0 Å². The van der Waals surface area contributed by atoms with Crippen LogP contribution < -0.4 is 5.56 Å². The van der Waals surface area contributed by atoms with Gasteiger partial charge >= 0.3 is 0 Å². The average molecular weight is 320 g/mol. The number of hydrogen-bond donors (Lipinski definition) is 1. The number of rotatable bonds is 2. The predicted octanol–water partition coefficient (Wildman–Crippen LogP) is 1.28.